The molecule has 1 rings (SSSR count). The molecule has 17 heavy (non-hydrogen) atoms. The standard InChI is InChI=1S/C13H19BrN2O/c1-13(2,3)15-8-7-12(17)16-11-6-4-5-10(14)9-11/h4-6,9,15H,7-8H2,1-3H3,(H,16,17). The van der Waals surface area contributed by atoms with Crippen LogP contribution in [0.2, 0.25) is 0 Å². The van der Waals surface area contributed by atoms with Crippen molar-refractivity contribution in [3.05, 3.63) is 28.7 Å². The van der Waals surface area contributed by atoms with Gasteiger partial charge in [-0.25, -0.2) is 0 Å². The third-order valence-corrected chi connectivity index (χ3v) is 2.61. The van der Waals surface area contributed by atoms with E-state index in [4.69, 9.17) is 0 Å². The Kier molecular flexibility index (Phi) is 5.15. The summed E-state index contributed by atoms with van der Waals surface area (Å²) in [6.45, 7) is 6.93. The number of carbonyl (C=O) groups is 1. The molecule has 2 N–H and O–H groups in total. The highest BCUT2D eigenvalue weighted by Crippen LogP contribution is 2.15. The second-order valence-electron chi connectivity index (χ2n) is 4.99. The van der Waals surface area contributed by atoms with Crippen LogP contribution in [0.1, 0.15) is 27.2 Å². The second-order valence-corrected chi connectivity index (χ2v) is 5.90. The molecular weight excluding hydrogens is 280 g/mol. The zero-order chi connectivity index (χ0) is 12.9. The molecule has 1 amide bonds. The van der Waals surface area contributed by atoms with Crippen molar-refractivity contribution in [2.45, 2.75) is 32.7 Å². The Labute approximate surface area is 111 Å². The minimum atomic E-state index is 0.0276. The maximum Gasteiger partial charge on any atom is 0.225 e. The molecule has 0 aromatic heterocycles. The first-order valence-electron chi connectivity index (χ1n) is 5.67. The van der Waals surface area contributed by atoms with Crippen molar-refractivity contribution in [2.24, 2.45) is 0 Å². The van der Waals surface area contributed by atoms with E-state index in [0.29, 0.717) is 13.0 Å². The van der Waals surface area contributed by atoms with E-state index in [1.165, 1.54) is 0 Å². The predicted octanol–water partition coefficient (Wildman–Crippen LogP) is 3.17. The Hall–Kier alpha value is -0.870. The summed E-state index contributed by atoms with van der Waals surface area (Å²) in [4.78, 5) is 11.6. The van der Waals surface area contributed by atoms with Crippen molar-refractivity contribution >= 4 is 27.5 Å². The molecule has 0 atom stereocenters. The second kappa shape index (κ2) is 6.17. The molecule has 0 saturated heterocycles. The zero-order valence-electron chi connectivity index (χ0n) is 10.5. The Morgan fingerprint density at radius 1 is 1.35 bits per heavy atom. The molecular formula is C13H19BrN2O. The summed E-state index contributed by atoms with van der Waals surface area (Å²) >= 11 is 3.37. The maximum atomic E-state index is 11.6. The Morgan fingerprint density at radius 3 is 2.65 bits per heavy atom. The van der Waals surface area contributed by atoms with Crippen LogP contribution in [0.15, 0.2) is 28.7 Å². The number of hydrogen-bond acceptors (Lipinski definition) is 2. The van der Waals surface area contributed by atoms with Crippen LogP contribution in [0, 0.1) is 0 Å². The van der Waals surface area contributed by atoms with Gasteiger partial charge in [0.05, 0.1) is 0 Å². The highest BCUT2D eigenvalue weighted by Gasteiger charge is 2.09. The molecule has 94 valence electrons. The van der Waals surface area contributed by atoms with E-state index in [2.05, 4.69) is 47.3 Å². The molecule has 0 aliphatic rings. The lowest BCUT2D eigenvalue weighted by molar-refractivity contribution is -0.116. The summed E-state index contributed by atoms with van der Waals surface area (Å²) in [5.74, 6) is 0.0276. The van der Waals surface area contributed by atoms with Crippen molar-refractivity contribution in [1.82, 2.24) is 5.32 Å². The molecule has 0 heterocycles. The molecule has 0 bridgehead atoms. The molecule has 0 spiro atoms. The molecule has 1 aromatic rings. The molecule has 1 aromatic carbocycles. The van der Waals surface area contributed by atoms with Crippen LogP contribution in [-0.2, 0) is 4.79 Å². The molecule has 3 nitrogen and oxygen atoms in total. The molecule has 0 fully saturated rings. The van der Waals surface area contributed by atoms with E-state index in [9.17, 15) is 4.79 Å². The normalized spacial score (nSPS) is 11.3. The van der Waals surface area contributed by atoms with Crippen molar-refractivity contribution < 1.29 is 4.79 Å². The van der Waals surface area contributed by atoms with Crippen LogP contribution < -0.4 is 10.6 Å². The first-order chi connectivity index (χ1) is 7.87. The number of amides is 1. The van der Waals surface area contributed by atoms with Crippen LogP contribution in [0.25, 0.3) is 0 Å². The molecule has 0 unspecified atom stereocenters. The van der Waals surface area contributed by atoms with Gasteiger partial charge in [0.1, 0.15) is 0 Å². The van der Waals surface area contributed by atoms with Gasteiger partial charge in [-0.05, 0) is 39.0 Å². The Balaban J connectivity index is 2.35. The van der Waals surface area contributed by atoms with Crippen LogP contribution in [0.5, 0.6) is 0 Å². The van der Waals surface area contributed by atoms with E-state index in [0.717, 1.165) is 10.2 Å². The molecule has 0 aliphatic heterocycles. The SMILES string of the molecule is CC(C)(C)NCCC(=O)Nc1cccc(Br)c1. The third-order valence-electron chi connectivity index (χ3n) is 2.12. The van der Waals surface area contributed by atoms with Gasteiger partial charge in [-0.1, -0.05) is 22.0 Å². The largest absolute Gasteiger partial charge is 0.326 e. The maximum absolute atomic E-state index is 11.6. The molecule has 0 saturated carbocycles. The van der Waals surface area contributed by atoms with Gasteiger partial charge in [0.2, 0.25) is 5.91 Å². The summed E-state index contributed by atoms with van der Waals surface area (Å²) < 4.78 is 0.961. The average molecular weight is 299 g/mol. The molecule has 0 radical (unpaired) electrons. The minimum Gasteiger partial charge on any atom is -0.326 e. The summed E-state index contributed by atoms with van der Waals surface area (Å²) in [6, 6.07) is 7.58. The average Bonchev–Trinajstić information content (AvgIpc) is 2.15. The first kappa shape index (κ1) is 14.2. The number of anilines is 1. The predicted molar refractivity (Wildman–Crippen MR) is 75.1 cm³/mol. The summed E-state index contributed by atoms with van der Waals surface area (Å²) in [7, 11) is 0. The monoisotopic (exact) mass is 298 g/mol. The summed E-state index contributed by atoms with van der Waals surface area (Å²) in [5.41, 5.74) is 0.871. The van der Waals surface area contributed by atoms with Gasteiger partial charge in [0.25, 0.3) is 0 Å². The van der Waals surface area contributed by atoms with Crippen LogP contribution >= 0.6 is 15.9 Å². The Bertz CT molecular complexity index is 385. The van der Waals surface area contributed by atoms with E-state index in [-0.39, 0.29) is 11.4 Å². The zero-order valence-corrected chi connectivity index (χ0v) is 12.1. The van der Waals surface area contributed by atoms with E-state index in [1.54, 1.807) is 0 Å². The van der Waals surface area contributed by atoms with E-state index in [1.807, 2.05) is 24.3 Å². The fourth-order valence-corrected chi connectivity index (χ4v) is 1.74. The van der Waals surface area contributed by atoms with Crippen LogP contribution in [0.4, 0.5) is 5.69 Å². The number of hydrogen-bond donors (Lipinski definition) is 2. The highest BCUT2D eigenvalue weighted by molar-refractivity contribution is 9.10. The Morgan fingerprint density at radius 2 is 2.06 bits per heavy atom. The smallest absolute Gasteiger partial charge is 0.225 e. The number of halogens is 1. The summed E-state index contributed by atoms with van der Waals surface area (Å²) in [6.07, 6.45) is 0.476. The van der Waals surface area contributed by atoms with Gasteiger partial charge in [-0.3, -0.25) is 4.79 Å². The van der Waals surface area contributed by atoms with Crippen molar-refractivity contribution in [3.8, 4) is 0 Å². The van der Waals surface area contributed by atoms with Gasteiger partial charge in [0, 0.05) is 28.7 Å². The fourth-order valence-electron chi connectivity index (χ4n) is 1.34. The van der Waals surface area contributed by atoms with Crippen molar-refractivity contribution in [2.75, 3.05) is 11.9 Å². The minimum absolute atomic E-state index is 0.0276. The third kappa shape index (κ3) is 6.44. The van der Waals surface area contributed by atoms with Gasteiger partial charge in [-0.15, -0.1) is 0 Å². The quantitative estimate of drug-likeness (QED) is 0.896. The first-order valence-corrected chi connectivity index (χ1v) is 6.46. The lowest BCUT2D eigenvalue weighted by Crippen LogP contribution is -2.37. The van der Waals surface area contributed by atoms with E-state index >= 15 is 0 Å². The number of carbonyl (C=O) groups excluding carboxylic acids is 1. The molecule has 4 heteroatoms. The number of rotatable bonds is 4. The van der Waals surface area contributed by atoms with Gasteiger partial charge < -0.3 is 10.6 Å². The van der Waals surface area contributed by atoms with Crippen molar-refractivity contribution in [1.29, 1.82) is 0 Å². The topological polar surface area (TPSA) is 41.1 Å². The van der Waals surface area contributed by atoms with Crippen LogP contribution in [-0.4, -0.2) is 18.0 Å². The highest BCUT2D eigenvalue weighted by atomic mass is 79.9. The van der Waals surface area contributed by atoms with Crippen LogP contribution in [0.3, 0.4) is 0 Å². The molecule has 0 aliphatic carbocycles. The van der Waals surface area contributed by atoms with Gasteiger partial charge >= 0.3 is 0 Å². The lowest BCUT2D eigenvalue weighted by atomic mass is 10.1. The number of benzene rings is 1. The van der Waals surface area contributed by atoms with E-state index < -0.39 is 0 Å². The number of nitrogens with one attached hydrogen (secondary N) is 2. The lowest BCUT2D eigenvalue weighted by Gasteiger charge is -2.20. The van der Waals surface area contributed by atoms with Gasteiger partial charge in [-0.2, -0.15) is 0 Å². The summed E-state index contributed by atoms with van der Waals surface area (Å²) in [5, 5.41) is 6.14. The fraction of sp³-hybridized carbons (Fsp3) is 0.462. The van der Waals surface area contributed by atoms with Crippen molar-refractivity contribution in [3.63, 3.8) is 0 Å². The van der Waals surface area contributed by atoms with Gasteiger partial charge in [0.15, 0.2) is 0 Å².